The fourth-order valence-corrected chi connectivity index (χ4v) is 2.78. The molecule has 0 heterocycles. The maximum Gasteiger partial charge on any atom is 0.139 e. The van der Waals surface area contributed by atoms with Crippen LogP contribution < -0.4 is 4.74 Å². The lowest BCUT2D eigenvalue weighted by molar-refractivity contribution is 0.415. The minimum Gasteiger partial charge on any atom is -0.495 e. The smallest absolute Gasteiger partial charge is 0.139 e. The molecule has 0 fully saturated rings. The summed E-state index contributed by atoms with van der Waals surface area (Å²) in [5.74, 6) is 0.464. The van der Waals surface area contributed by atoms with Gasteiger partial charge in [-0.1, -0.05) is 58.0 Å². The van der Waals surface area contributed by atoms with Crippen LogP contribution in [-0.4, -0.2) is 7.11 Å². The van der Waals surface area contributed by atoms with E-state index in [1.165, 1.54) is 7.11 Å². The van der Waals surface area contributed by atoms with Crippen molar-refractivity contribution >= 4 is 58.0 Å². The molecule has 1 nitrogen and oxygen atoms in total. The monoisotopic (exact) mass is 354 g/mol. The second-order valence-electron chi connectivity index (χ2n) is 3.72. The van der Waals surface area contributed by atoms with Crippen molar-refractivity contribution < 1.29 is 4.74 Å². The molecule has 100 valence electrons. The van der Waals surface area contributed by atoms with Crippen molar-refractivity contribution in [1.82, 2.24) is 0 Å². The van der Waals surface area contributed by atoms with Crippen LogP contribution in [0.2, 0.25) is 25.1 Å². The third-order valence-corrected chi connectivity index (χ3v) is 4.17. The van der Waals surface area contributed by atoms with E-state index in [1.54, 1.807) is 24.3 Å². The topological polar surface area (TPSA) is 9.23 Å². The van der Waals surface area contributed by atoms with E-state index in [4.69, 9.17) is 62.7 Å². The maximum atomic E-state index is 6.26. The van der Waals surface area contributed by atoms with E-state index < -0.39 is 0 Å². The fourth-order valence-electron chi connectivity index (χ4n) is 1.64. The number of methoxy groups -OCH3 is 1. The Morgan fingerprint density at radius 3 is 2.00 bits per heavy atom. The predicted molar refractivity (Wildman–Crippen MR) is 83.5 cm³/mol. The third kappa shape index (κ3) is 3.07. The highest BCUT2D eigenvalue weighted by atomic mass is 35.5. The molecule has 2 aromatic carbocycles. The van der Waals surface area contributed by atoms with E-state index in [2.05, 4.69) is 0 Å². The third-order valence-electron chi connectivity index (χ3n) is 2.52. The zero-order chi connectivity index (χ0) is 14.2. The second kappa shape index (κ2) is 5.99. The normalized spacial score (nSPS) is 10.6. The fraction of sp³-hybridized carbons (Fsp3) is 0.0769. The first-order chi connectivity index (χ1) is 8.93. The number of hydrogen-bond acceptors (Lipinski definition) is 1. The second-order valence-corrected chi connectivity index (χ2v) is 5.75. The summed E-state index contributed by atoms with van der Waals surface area (Å²) in [4.78, 5) is 0. The largest absolute Gasteiger partial charge is 0.495 e. The lowest BCUT2D eigenvalue weighted by Crippen LogP contribution is -1.89. The van der Waals surface area contributed by atoms with Gasteiger partial charge < -0.3 is 4.74 Å². The SMILES string of the molecule is COc1cc(Cl)cc(-c2cc(Cl)c(Cl)cc2Cl)c1Cl. The Morgan fingerprint density at radius 2 is 1.37 bits per heavy atom. The first kappa shape index (κ1) is 15.1. The zero-order valence-corrected chi connectivity index (χ0v) is 13.4. The van der Waals surface area contributed by atoms with Gasteiger partial charge in [-0.2, -0.15) is 0 Å². The molecule has 0 saturated heterocycles. The summed E-state index contributed by atoms with van der Waals surface area (Å²) in [6.45, 7) is 0. The zero-order valence-electron chi connectivity index (χ0n) is 9.61. The van der Waals surface area contributed by atoms with E-state index in [0.29, 0.717) is 42.0 Å². The van der Waals surface area contributed by atoms with Crippen LogP contribution in [0.1, 0.15) is 0 Å². The molecule has 19 heavy (non-hydrogen) atoms. The summed E-state index contributed by atoms with van der Waals surface area (Å²) < 4.78 is 5.16. The number of halogens is 5. The molecular formula is C13H7Cl5O. The van der Waals surface area contributed by atoms with Gasteiger partial charge in [0.15, 0.2) is 0 Å². The molecule has 2 aromatic rings. The Morgan fingerprint density at radius 1 is 0.737 bits per heavy atom. The molecule has 2 rings (SSSR count). The van der Waals surface area contributed by atoms with E-state index in [1.807, 2.05) is 0 Å². The molecule has 0 aliphatic heterocycles. The van der Waals surface area contributed by atoms with Crippen LogP contribution in [0.4, 0.5) is 0 Å². The Kier molecular flexibility index (Phi) is 4.75. The molecule has 0 aromatic heterocycles. The summed E-state index contributed by atoms with van der Waals surface area (Å²) in [6.07, 6.45) is 0. The first-order valence-electron chi connectivity index (χ1n) is 5.12. The van der Waals surface area contributed by atoms with Gasteiger partial charge in [-0.05, 0) is 18.2 Å². The van der Waals surface area contributed by atoms with Crippen LogP contribution in [0.15, 0.2) is 24.3 Å². The quantitative estimate of drug-likeness (QED) is 0.549. The van der Waals surface area contributed by atoms with Crippen molar-refractivity contribution in [2.45, 2.75) is 0 Å². The van der Waals surface area contributed by atoms with Crippen LogP contribution in [-0.2, 0) is 0 Å². The van der Waals surface area contributed by atoms with Gasteiger partial charge in [-0.15, -0.1) is 0 Å². The Bertz CT molecular complexity index is 639. The summed E-state index contributed by atoms with van der Waals surface area (Å²) in [5.41, 5.74) is 1.27. The van der Waals surface area contributed by atoms with Crippen LogP contribution in [0.5, 0.6) is 5.75 Å². The lowest BCUT2D eigenvalue weighted by Gasteiger charge is -2.12. The number of hydrogen-bond donors (Lipinski definition) is 0. The number of rotatable bonds is 2. The Hall–Kier alpha value is -0.310. The van der Waals surface area contributed by atoms with Gasteiger partial charge >= 0.3 is 0 Å². The van der Waals surface area contributed by atoms with Crippen LogP contribution >= 0.6 is 58.0 Å². The average Bonchev–Trinajstić information content (AvgIpc) is 2.36. The highest BCUT2D eigenvalue weighted by Crippen LogP contribution is 2.42. The summed E-state index contributed by atoms with van der Waals surface area (Å²) >= 11 is 30.4. The average molecular weight is 356 g/mol. The molecule has 0 saturated carbocycles. The van der Waals surface area contributed by atoms with Crippen molar-refractivity contribution in [2.24, 2.45) is 0 Å². The van der Waals surface area contributed by atoms with Gasteiger partial charge in [0.05, 0.1) is 27.2 Å². The summed E-state index contributed by atoms with van der Waals surface area (Å²) in [6, 6.07) is 6.52. The summed E-state index contributed by atoms with van der Waals surface area (Å²) in [5, 5.41) is 2.09. The number of benzene rings is 2. The Balaban J connectivity index is 2.72. The molecule has 0 radical (unpaired) electrons. The van der Waals surface area contributed by atoms with Crippen molar-refractivity contribution in [3.05, 3.63) is 49.4 Å². The standard InChI is InChI=1S/C13H7Cl5O/c1-19-12-3-6(14)2-8(13(12)18)7-4-10(16)11(17)5-9(7)15/h2-5H,1H3. The lowest BCUT2D eigenvalue weighted by atomic mass is 10.1. The van der Waals surface area contributed by atoms with E-state index in [9.17, 15) is 0 Å². The molecule has 0 atom stereocenters. The predicted octanol–water partition coefficient (Wildman–Crippen LogP) is 6.63. The molecule has 0 amide bonds. The molecule has 0 unspecified atom stereocenters. The number of ether oxygens (including phenoxy) is 1. The molecule has 0 N–H and O–H groups in total. The van der Waals surface area contributed by atoms with Gasteiger partial charge in [0.25, 0.3) is 0 Å². The van der Waals surface area contributed by atoms with Crippen LogP contribution in [0.3, 0.4) is 0 Å². The van der Waals surface area contributed by atoms with E-state index >= 15 is 0 Å². The molecular weight excluding hydrogens is 349 g/mol. The molecule has 6 heteroatoms. The highest BCUT2D eigenvalue weighted by molar-refractivity contribution is 6.44. The van der Waals surface area contributed by atoms with Gasteiger partial charge in [-0.3, -0.25) is 0 Å². The molecule has 0 spiro atoms. The molecule has 0 aliphatic carbocycles. The van der Waals surface area contributed by atoms with Gasteiger partial charge in [0.1, 0.15) is 5.75 Å². The minimum absolute atomic E-state index is 0.375. The highest BCUT2D eigenvalue weighted by Gasteiger charge is 2.15. The van der Waals surface area contributed by atoms with Gasteiger partial charge in [0.2, 0.25) is 0 Å². The van der Waals surface area contributed by atoms with Crippen LogP contribution in [0.25, 0.3) is 11.1 Å². The minimum atomic E-state index is 0.375. The maximum absolute atomic E-state index is 6.26. The van der Waals surface area contributed by atoms with Crippen molar-refractivity contribution in [1.29, 1.82) is 0 Å². The van der Waals surface area contributed by atoms with E-state index in [-0.39, 0.29) is 0 Å². The summed E-state index contributed by atoms with van der Waals surface area (Å²) in [7, 11) is 1.51. The van der Waals surface area contributed by atoms with Crippen molar-refractivity contribution in [2.75, 3.05) is 7.11 Å². The van der Waals surface area contributed by atoms with E-state index in [0.717, 1.165) is 0 Å². The van der Waals surface area contributed by atoms with Crippen LogP contribution in [0, 0.1) is 0 Å². The molecule has 0 bridgehead atoms. The van der Waals surface area contributed by atoms with Gasteiger partial charge in [-0.25, -0.2) is 0 Å². The first-order valence-corrected chi connectivity index (χ1v) is 7.01. The molecule has 0 aliphatic rings. The van der Waals surface area contributed by atoms with Gasteiger partial charge in [0, 0.05) is 22.2 Å². The Labute approximate surface area is 135 Å². The van der Waals surface area contributed by atoms with Crippen molar-refractivity contribution in [3.63, 3.8) is 0 Å². The van der Waals surface area contributed by atoms with Crippen molar-refractivity contribution in [3.8, 4) is 16.9 Å².